The minimum Gasteiger partial charge on any atom is -0.463 e. The molecule has 8 heavy (non-hydrogen) atoms. The van der Waals surface area contributed by atoms with Crippen LogP contribution in [-0.2, 0) is 9.84 Å². The molecular formula is C5H4FO2. The predicted molar refractivity (Wildman–Crippen MR) is 23.9 cm³/mol. The van der Waals surface area contributed by atoms with Gasteiger partial charge in [0.15, 0.2) is 5.83 Å². The molecule has 0 fully saturated rings. The normalized spacial score (nSPS) is 26.8. The number of ether oxygens (including phenoxy) is 1. The smallest absolute Gasteiger partial charge is 0.281 e. The second-order valence-corrected chi connectivity index (χ2v) is 1.35. The second kappa shape index (κ2) is 1.96. The van der Waals surface area contributed by atoms with Gasteiger partial charge in [0, 0.05) is 0 Å². The molecule has 0 N–H and O–H groups in total. The molecule has 0 aromatic carbocycles. The first-order chi connectivity index (χ1) is 3.80. The topological polar surface area (TPSA) is 29.1 Å². The molecular weight excluding hydrogens is 111 g/mol. The summed E-state index contributed by atoms with van der Waals surface area (Å²) in [6, 6.07) is 0. The third-order valence-corrected chi connectivity index (χ3v) is 0.761. The van der Waals surface area contributed by atoms with Crippen LogP contribution in [0.4, 0.5) is 4.39 Å². The van der Waals surface area contributed by atoms with Gasteiger partial charge in [-0.2, -0.15) is 5.11 Å². The maximum absolute atomic E-state index is 11.9. The van der Waals surface area contributed by atoms with Crippen molar-refractivity contribution in [3.8, 4) is 0 Å². The lowest BCUT2D eigenvalue weighted by Crippen LogP contribution is -2.08. The summed E-state index contributed by atoms with van der Waals surface area (Å²) in [5.74, 6) is -0.771. The summed E-state index contributed by atoms with van der Waals surface area (Å²) in [6.07, 6.45) is 1.95. The molecule has 0 amide bonds. The molecule has 0 saturated carbocycles. The van der Waals surface area contributed by atoms with Gasteiger partial charge in [-0.1, -0.05) is 0 Å². The van der Waals surface area contributed by atoms with Crippen LogP contribution in [-0.4, -0.2) is 6.29 Å². The number of halogens is 1. The van der Waals surface area contributed by atoms with Crippen LogP contribution < -0.4 is 0 Å². The summed E-state index contributed by atoms with van der Waals surface area (Å²) in [4.78, 5) is 0. The first-order valence-corrected chi connectivity index (χ1v) is 2.14. The summed E-state index contributed by atoms with van der Waals surface area (Å²) >= 11 is 0. The van der Waals surface area contributed by atoms with E-state index in [4.69, 9.17) is 0 Å². The minimum absolute atomic E-state index is 0.771. The molecule has 1 aliphatic heterocycles. The molecule has 43 valence electrons. The molecule has 1 rings (SSSR count). The molecule has 1 aliphatic rings. The van der Waals surface area contributed by atoms with E-state index in [-0.39, 0.29) is 0 Å². The Morgan fingerprint density at radius 1 is 1.75 bits per heavy atom. The highest BCUT2D eigenvalue weighted by molar-refractivity contribution is 5.10. The maximum Gasteiger partial charge on any atom is 0.281 e. The van der Waals surface area contributed by atoms with Crippen LogP contribution in [0.3, 0.4) is 0 Å². The zero-order chi connectivity index (χ0) is 5.98. The lowest BCUT2D eigenvalue weighted by atomic mass is 10.4. The van der Waals surface area contributed by atoms with Gasteiger partial charge in [0.05, 0.1) is 6.26 Å². The Labute approximate surface area is 45.9 Å². The van der Waals surface area contributed by atoms with Crippen LogP contribution in [0.5, 0.6) is 0 Å². The van der Waals surface area contributed by atoms with Crippen LogP contribution in [0.25, 0.3) is 0 Å². The highest BCUT2D eigenvalue weighted by Crippen LogP contribution is 2.10. The van der Waals surface area contributed by atoms with Crippen molar-refractivity contribution in [2.75, 3.05) is 0 Å². The molecule has 0 aromatic heterocycles. The minimum atomic E-state index is -1.64. The average Bonchev–Trinajstić information content (AvgIpc) is 1.77. The van der Waals surface area contributed by atoms with Gasteiger partial charge in [0.1, 0.15) is 0 Å². The van der Waals surface area contributed by atoms with E-state index in [9.17, 15) is 9.50 Å². The van der Waals surface area contributed by atoms with Crippen molar-refractivity contribution in [1.29, 1.82) is 0 Å². The lowest BCUT2D eigenvalue weighted by Gasteiger charge is -2.06. The highest BCUT2D eigenvalue weighted by atomic mass is 19.1. The molecule has 2 nitrogen and oxygen atoms in total. The van der Waals surface area contributed by atoms with E-state index in [0.29, 0.717) is 0 Å². The van der Waals surface area contributed by atoms with E-state index >= 15 is 0 Å². The number of hydrogen-bond donors (Lipinski definition) is 0. The van der Waals surface area contributed by atoms with Crippen molar-refractivity contribution < 1.29 is 14.2 Å². The quantitative estimate of drug-likeness (QED) is 0.465. The number of allylic oxidation sites excluding steroid dienone is 2. The third kappa shape index (κ3) is 0.869. The summed E-state index contributed by atoms with van der Waals surface area (Å²) in [7, 11) is 0. The van der Waals surface area contributed by atoms with Gasteiger partial charge in [-0.25, -0.2) is 4.39 Å². The predicted octanol–water partition coefficient (Wildman–Crippen LogP) is 1.14. The van der Waals surface area contributed by atoms with E-state index < -0.39 is 12.1 Å². The fraction of sp³-hybridized carbons (Fsp3) is 0.200. The van der Waals surface area contributed by atoms with Crippen molar-refractivity contribution in [2.24, 2.45) is 0 Å². The molecule has 1 atom stereocenters. The fourth-order valence-electron chi connectivity index (χ4n) is 0.391. The lowest BCUT2D eigenvalue weighted by molar-refractivity contribution is -0.0866. The van der Waals surface area contributed by atoms with Gasteiger partial charge in [-0.05, 0) is 12.2 Å². The third-order valence-electron chi connectivity index (χ3n) is 0.761. The van der Waals surface area contributed by atoms with Crippen LogP contribution in [0.15, 0.2) is 24.2 Å². The molecule has 0 spiro atoms. The van der Waals surface area contributed by atoms with Gasteiger partial charge in [0.2, 0.25) is 0 Å². The van der Waals surface area contributed by atoms with Crippen molar-refractivity contribution in [2.45, 2.75) is 6.29 Å². The standard InChI is InChI=1S/C5H4FO2/c6-4-2-1-3-8-5(4)7/h1-3,5H. The molecule has 0 aliphatic carbocycles. The Kier molecular flexibility index (Phi) is 1.30. The van der Waals surface area contributed by atoms with Gasteiger partial charge < -0.3 is 4.74 Å². The molecule has 0 aromatic rings. The first-order valence-electron chi connectivity index (χ1n) is 2.14. The van der Waals surface area contributed by atoms with Crippen LogP contribution in [0.1, 0.15) is 0 Å². The Balaban J connectivity index is 2.66. The van der Waals surface area contributed by atoms with E-state index in [0.717, 1.165) is 6.08 Å². The first kappa shape index (κ1) is 5.31. The SMILES string of the molecule is [O]C1OC=CC=C1F. The zero-order valence-electron chi connectivity index (χ0n) is 4.00. The largest absolute Gasteiger partial charge is 0.463 e. The van der Waals surface area contributed by atoms with Crippen molar-refractivity contribution >= 4 is 0 Å². The summed E-state index contributed by atoms with van der Waals surface area (Å²) in [5, 5.41) is 10.2. The molecule has 1 radical (unpaired) electrons. The highest BCUT2D eigenvalue weighted by Gasteiger charge is 2.12. The Morgan fingerprint density at radius 2 is 2.50 bits per heavy atom. The van der Waals surface area contributed by atoms with Gasteiger partial charge in [0.25, 0.3) is 6.29 Å². The van der Waals surface area contributed by atoms with Crippen molar-refractivity contribution in [3.05, 3.63) is 24.2 Å². The van der Waals surface area contributed by atoms with E-state index in [1.54, 1.807) is 0 Å². The Morgan fingerprint density at radius 3 is 2.88 bits per heavy atom. The summed E-state index contributed by atoms with van der Waals surface area (Å²) in [6.45, 7) is 0. The van der Waals surface area contributed by atoms with E-state index in [2.05, 4.69) is 4.74 Å². The van der Waals surface area contributed by atoms with Crippen LogP contribution in [0, 0.1) is 0 Å². The van der Waals surface area contributed by atoms with E-state index in [1.165, 1.54) is 12.3 Å². The summed E-state index contributed by atoms with van der Waals surface area (Å²) in [5.41, 5.74) is 0. The average molecular weight is 115 g/mol. The van der Waals surface area contributed by atoms with Crippen molar-refractivity contribution in [1.82, 2.24) is 0 Å². The molecule has 3 heteroatoms. The van der Waals surface area contributed by atoms with Crippen LogP contribution >= 0.6 is 0 Å². The van der Waals surface area contributed by atoms with Crippen molar-refractivity contribution in [3.63, 3.8) is 0 Å². The maximum atomic E-state index is 11.9. The molecule has 0 saturated heterocycles. The van der Waals surface area contributed by atoms with Gasteiger partial charge in [-0.15, -0.1) is 0 Å². The molecule has 0 bridgehead atoms. The van der Waals surface area contributed by atoms with Gasteiger partial charge in [-0.3, -0.25) is 0 Å². The summed E-state index contributed by atoms with van der Waals surface area (Å²) < 4.78 is 16.2. The monoisotopic (exact) mass is 115 g/mol. The second-order valence-electron chi connectivity index (χ2n) is 1.35. The van der Waals surface area contributed by atoms with Crippen LogP contribution in [0.2, 0.25) is 0 Å². The number of hydrogen-bond acceptors (Lipinski definition) is 1. The Hall–Kier alpha value is -0.830. The van der Waals surface area contributed by atoms with E-state index in [1.807, 2.05) is 0 Å². The molecule has 1 unspecified atom stereocenters. The fourth-order valence-corrected chi connectivity index (χ4v) is 0.391. The number of rotatable bonds is 0. The zero-order valence-corrected chi connectivity index (χ0v) is 4.00. The molecule has 1 heterocycles. The Bertz CT molecular complexity index is 139. The van der Waals surface area contributed by atoms with Gasteiger partial charge >= 0.3 is 0 Å².